The van der Waals surface area contributed by atoms with Crippen LogP contribution in [-0.2, 0) is 23.1 Å². The Morgan fingerprint density at radius 2 is 2.23 bits per heavy atom. The van der Waals surface area contributed by atoms with Gasteiger partial charge in [0, 0.05) is 29.7 Å². The van der Waals surface area contributed by atoms with Crippen LogP contribution in [0.1, 0.15) is 36.1 Å². The van der Waals surface area contributed by atoms with Crippen molar-refractivity contribution in [2.24, 2.45) is 0 Å². The maximum atomic E-state index is 13.2. The van der Waals surface area contributed by atoms with Crippen LogP contribution in [0.25, 0.3) is 0 Å². The Morgan fingerprint density at radius 1 is 1.38 bits per heavy atom. The maximum absolute atomic E-state index is 13.2. The molecule has 136 valence electrons. The standard InChI is InChI=1S/C19H20ClFN4O/c20-15-9-14(21)3-2-12(15)8-16(26)25-7-1-5-19(11-25)6-4-13-10-23-18(22)24-17(13)19/h2-3,9-10H,1,4-8,11H2,(H2,22,23,24). The number of aryl methyl sites for hydroxylation is 1. The quantitative estimate of drug-likeness (QED) is 0.877. The number of hydrogen-bond acceptors (Lipinski definition) is 4. The molecule has 1 spiro atoms. The number of nitrogens with two attached hydrogens (primary N) is 1. The predicted molar refractivity (Wildman–Crippen MR) is 97.4 cm³/mol. The average molecular weight is 375 g/mol. The normalized spacial score (nSPS) is 21.8. The van der Waals surface area contributed by atoms with Gasteiger partial charge in [-0.05, 0) is 48.9 Å². The molecule has 1 aromatic carbocycles. The summed E-state index contributed by atoms with van der Waals surface area (Å²) in [6.45, 7) is 1.35. The lowest BCUT2D eigenvalue weighted by atomic mass is 9.77. The summed E-state index contributed by atoms with van der Waals surface area (Å²) >= 11 is 6.08. The number of rotatable bonds is 2. The Hall–Kier alpha value is -2.21. The highest BCUT2D eigenvalue weighted by atomic mass is 35.5. The molecule has 4 rings (SSSR count). The monoisotopic (exact) mass is 374 g/mol. The van der Waals surface area contributed by atoms with E-state index in [9.17, 15) is 9.18 Å². The molecule has 1 unspecified atom stereocenters. The van der Waals surface area contributed by atoms with Crippen LogP contribution in [0.15, 0.2) is 24.4 Å². The molecule has 0 bridgehead atoms. The molecular weight excluding hydrogens is 355 g/mol. The van der Waals surface area contributed by atoms with Crippen LogP contribution in [0.5, 0.6) is 0 Å². The first-order valence-corrected chi connectivity index (χ1v) is 9.18. The molecule has 2 N–H and O–H groups in total. The molecule has 1 atom stereocenters. The lowest BCUT2D eigenvalue weighted by Crippen LogP contribution is -2.48. The molecular formula is C19H20ClFN4O. The number of nitrogens with zero attached hydrogens (tertiary/aromatic N) is 3. The fourth-order valence-electron chi connectivity index (χ4n) is 4.24. The first-order chi connectivity index (χ1) is 12.5. The van der Waals surface area contributed by atoms with E-state index in [0.717, 1.165) is 43.5 Å². The van der Waals surface area contributed by atoms with Gasteiger partial charge >= 0.3 is 0 Å². The number of hydrogen-bond donors (Lipinski definition) is 1. The van der Waals surface area contributed by atoms with E-state index < -0.39 is 5.82 Å². The Kier molecular flexibility index (Phi) is 4.31. The van der Waals surface area contributed by atoms with Gasteiger partial charge in [-0.25, -0.2) is 14.4 Å². The number of fused-ring (bicyclic) bond motifs is 2. The van der Waals surface area contributed by atoms with Crippen molar-refractivity contribution in [3.8, 4) is 0 Å². The summed E-state index contributed by atoms with van der Waals surface area (Å²) < 4.78 is 13.2. The van der Waals surface area contributed by atoms with Crippen LogP contribution in [0.2, 0.25) is 5.02 Å². The SMILES string of the molecule is Nc1ncc2c(n1)C1(CCCN(C(=O)Cc3ccc(F)cc3Cl)C1)CC2. The molecule has 1 fully saturated rings. The molecule has 1 aliphatic carbocycles. The van der Waals surface area contributed by atoms with E-state index >= 15 is 0 Å². The van der Waals surface area contributed by atoms with Gasteiger partial charge in [0.25, 0.3) is 0 Å². The van der Waals surface area contributed by atoms with E-state index in [1.54, 1.807) is 6.07 Å². The number of nitrogen functional groups attached to an aromatic ring is 1. The van der Waals surface area contributed by atoms with Crippen molar-refractivity contribution in [1.82, 2.24) is 14.9 Å². The third-order valence-corrected chi connectivity index (χ3v) is 5.90. The number of anilines is 1. The second kappa shape index (κ2) is 6.50. The first-order valence-electron chi connectivity index (χ1n) is 8.80. The Balaban J connectivity index is 1.54. The topological polar surface area (TPSA) is 72.1 Å². The molecule has 7 heteroatoms. The molecule has 1 aliphatic heterocycles. The fourth-order valence-corrected chi connectivity index (χ4v) is 4.47. The predicted octanol–water partition coefficient (Wildman–Crippen LogP) is 2.90. The van der Waals surface area contributed by atoms with Gasteiger partial charge < -0.3 is 10.6 Å². The van der Waals surface area contributed by atoms with Crippen LogP contribution in [0, 0.1) is 5.82 Å². The van der Waals surface area contributed by atoms with Gasteiger partial charge in [0.15, 0.2) is 0 Å². The van der Waals surface area contributed by atoms with Crippen molar-refractivity contribution < 1.29 is 9.18 Å². The van der Waals surface area contributed by atoms with Gasteiger partial charge in [-0.2, -0.15) is 0 Å². The number of piperidine rings is 1. The minimum Gasteiger partial charge on any atom is -0.368 e. The third-order valence-electron chi connectivity index (χ3n) is 5.54. The summed E-state index contributed by atoms with van der Waals surface area (Å²) in [4.78, 5) is 23.3. The molecule has 0 saturated carbocycles. The summed E-state index contributed by atoms with van der Waals surface area (Å²) in [6.07, 6.45) is 5.78. The van der Waals surface area contributed by atoms with Crippen LogP contribution in [0.3, 0.4) is 0 Å². The second-order valence-electron chi connectivity index (χ2n) is 7.21. The van der Waals surface area contributed by atoms with E-state index in [1.807, 2.05) is 11.1 Å². The van der Waals surface area contributed by atoms with E-state index in [1.165, 1.54) is 12.1 Å². The van der Waals surface area contributed by atoms with Gasteiger partial charge in [0.05, 0.1) is 12.1 Å². The zero-order valence-corrected chi connectivity index (χ0v) is 15.1. The van der Waals surface area contributed by atoms with Gasteiger partial charge in [-0.3, -0.25) is 4.79 Å². The third kappa shape index (κ3) is 3.03. The Morgan fingerprint density at radius 3 is 3.04 bits per heavy atom. The van der Waals surface area contributed by atoms with E-state index in [4.69, 9.17) is 17.3 Å². The van der Waals surface area contributed by atoms with E-state index in [0.29, 0.717) is 12.1 Å². The zero-order valence-electron chi connectivity index (χ0n) is 14.3. The summed E-state index contributed by atoms with van der Waals surface area (Å²) in [7, 11) is 0. The summed E-state index contributed by atoms with van der Waals surface area (Å²) in [5.41, 5.74) is 8.45. The Bertz CT molecular complexity index is 871. The van der Waals surface area contributed by atoms with Crippen LogP contribution in [0.4, 0.5) is 10.3 Å². The number of amides is 1. The largest absolute Gasteiger partial charge is 0.368 e. The van der Waals surface area contributed by atoms with Crippen LogP contribution in [-0.4, -0.2) is 33.9 Å². The van der Waals surface area contributed by atoms with Gasteiger partial charge in [-0.1, -0.05) is 17.7 Å². The fraction of sp³-hybridized carbons (Fsp3) is 0.421. The number of aromatic nitrogens is 2. The van der Waals surface area contributed by atoms with Gasteiger partial charge in [-0.15, -0.1) is 0 Å². The molecule has 1 aromatic heterocycles. The zero-order chi connectivity index (χ0) is 18.3. The average Bonchev–Trinajstić information content (AvgIpc) is 2.95. The second-order valence-corrected chi connectivity index (χ2v) is 7.62. The molecule has 5 nitrogen and oxygen atoms in total. The van der Waals surface area contributed by atoms with Crippen molar-refractivity contribution in [3.05, 3.63) is 52.1 Å². The van der Waals surface area contributed by atoms with Crippen molar-refractivity contribution in [1.29, 1.82) is 0 Å². The highest BCUT2D eigenvalue weighted by Gasteiger charge is 2.44. The molecule has 2 aromatic rings. The molecule has 1 saturated heterocycles. The van der Waals surface area contributed by atoms with Crippen LogP contribution >= 0.6 is 11.6 Å². The summed E-state index contributed by atoms with van der Waals surface area (Å²) in [6, 6.07) is 4.15. The van der Waals surface area contributed by atoms with E-state index in [2.05, 4.69) is 9.97 Å². The van der Waals surface area contributed by atoms with Crippen molar-refractivity contribution in [3.63, 3.8) is 0 Å². The lowest BCUT2D eigenvalue weighted by molar-refractivity contribution is -0.132. The van der Waals surface area contributed by atoms with Crippen molar-refractivity contribution in [2.45, 2.75) is 37.5 Å². The smallest absolute Gasteiger partial charge is 0.227 e. The van der Waals surface area contributed by atoms with Crippen molar-refractivity contribution in [2.75, 3.05) is 18.8 Å². The minimum atomic E-state index is -0.400. The lowest BCUT2D eigenvalue weighted by Gasteiger charge is -2.40. The summed E-state index contributed by atoms with van der Waals surface area (Å²) in [5.74, 6) is -0.109. The highest BCUT2D eigenvalue weighted by Crippen LogP contribution is 2.44. The molecule has 0 radical (unpaired) electrons. The molecule has 2 heterocycles. The number of likely N-dealkylation sites (tertiary alicyclic amines) is 1. The molecule has 1 amide bonds. The van der Waals surface area contributed by atoms with E-state index in [-0.39, 0.29) is 28.7 Å². The molecule has 26 heavy (non-hydrogen) atoms. The molecule has 2 aliphatic rings. The van der Waals surface area contributed by atoms with Gasteiger partial charge in [0.2, 0.25) is 11.9 Å². The number of carbonyl (C=O) groups is 1. The summed E-state index contributed by atoms with van der Waals surface area (Å²) in [5, 5.41) is 0.289. The number of benzene rings is 1. The van der Waals surface area contributed by atoms with Crippen molar-refractivity contribution >= 4 is 23.5 Å². The van der Waals surface area contributed by atoms with Crippen LogP contribution < -0.4 is 5.73 Å². The number of carbonyl (C=O) groups excluding carboxylic acids is 1. The first kappa shape index (κ1) is 17.2. The minimum absolute atomic E-state index is 0.00746. The van der Waals surface area contributed by atoms with Gasteiger partial charge in [0.1, 0.15) is 5.82 Å². The number of halogens is 2. The highest BCUT2D eigenvalue weighted by molar-refractivity contribution is 6.31. The maximum Gasteiger partial charge on any atom is 0.227 e. The Labute approximate surface area is 156 Å².